The van der Waals surface area contributed by atoms with Crippen molar-refractivity contribution in [3.05, 3.63) is 95.8 Å². The lowest BCUT2D eigenvalue weighted by Gasteiger charge is -2.11. The summed E-state index contributed by atoms with van der Waals surface area (Å²) >= 11 is 1.63. The van der Waals surface area contributed by atoms with Crippen molar-refractivity contribution >= 4 is 17.7 Å². The molecule has 0 unspecified atom stereocenters. The summed E-state index contributed by atoms with van der Waals surface area (Å²) < 4.78 is 4.01. The normalized spacial score (nSPS) is 10.9. The molecule has 7 nitrogen and oxygen atoms in total. The first-order valence-electron chi connectivity index (χ1n) is 10.0. The fourth-order valence-corrected chi connectivity index (χ4v) is 4.11. The molecule has 1 amide bonds. The Balaban J connectivity index is 1.46. The second kappa shape index (κ2) is 10.1. The van der Waals surface area contributed by atoms with E-state index in [-0.39, 0.29) is 5.91 Å². The Kier molecular flexibility index (Phi) is 6.78. The van der Waals surface area contributed by atoms with Crippen LogP contribution in [-0.4, -0.2) is 30.2 Å². The van der Waals surface area contributed by atoms with Crippen molar-refractivity contribution in [1.29, 1.82) is 0 Å². The molecule has 1 aromatic carbocycles. The molecule has 0 radical (unpaired) electrons. The van der Waals surface area contributed by atoms with Crippen LogP contribution in [0, 0.1) is 0 Å². The summed E-state index contributed by atoms with van der Waals surface area (Å²) in [5, 5.41) is 12.6. The van der Waals surface area contributed by atoms with Crippen molar-refractivity contribution in [2.24, 2.45) is 7.05 Å². The average molecular weight is 433 g/mol. The van der Waals surface area contributed by atoms with Crippen LogP contribution in [0.4, 0.5) is 0 Å². The molecule has 0 atom stereocenters. The topological polar surface area (TPSA) is 77.6 Å². The van der Waals surface area contributed by atoms with Gasteiger partial charge in [-0.15, -0.1) is 10.2 Å². The molecule has 3 aromatic heterocycles. The van der Waals surface area contributed by atoms with E-state index in [9.17, 15) is 4.79 Å². The number of thioether (sulfide) groups is 1. The monoisotopic (exact) mass is 432 g/mol. The van der Waals surface area contributed by atoms with Gasteiger partial charge >= 0.3 is 0 Å². The van der Waals surface area contributed by atoms with E-state index < -0.39 is 0 Å². The van der Waals surface area contributed by atoms with Gasteiger partial charge in [0.15, 0.2) is 11.0 Å². The molecule has 158 valence electrons. The summed E-state index contributed by atoms with van der Waals surface area (Å²) in [5.41, 5.74) is 3.32. The smallest absolute Gasteiger partial charge is 0.224 e. The largest absolute Gasteiger partial charge is 0.357 e. The summed E-state index contributed by atoms with van der Waals surface area (Å²) in [5.74, 6) is 1.48. The Morgan fingerprint density at radius 3 is 2.55 bits per heavy atom. The lowest BCUT2D eigenvalue weighted by Crippen LogP contribution is -2.26. The van der Waals surface area contributed by atoms with E-state index in [4.69, 9.17) is 0 Å². The minimum Gasteiger partial charge on any atom is -0.357 e. The highest BCUT2D eigenvalue weighted by Gasteiger charge is 2.15. The number of nitrogens with zero attached hydrogens (tertiary/aromatic N) is 5. The van der Waals surface area contributed by atoms with Gasteiger partial charge in [0.1, 0.15) is 0 Å². The third-order valence-electron chi connectivity index (χ3n) is 4.80. The zero-order chi connectivity index (χ0) is 21.5. The third-order valence-corrected chi connectivity index (χ3v) is 5.83. The SMILES string of the molecule is Cn1ccc(CC(=O)NCc2nnc(SCc3ccncc3)n2Cc2ccccc2)c1. The fraction of sp³-hybridized carbons (Fsp3) is 0.217. The average Bonchev–Trinajstić information content (AvgIpc) is 3.37. The van der Waals surface area contributed by atoms with Crippen LogP contribution in [0.1, 0.15) is 22.5 Å². The summed E-state index contributed by atoms with van der Waals surface area (Å²) in [4.78, 5) is 16.5. The summed E-state index contributed by atoms with van der Waals surface area (Å²) in [6, 6.07) is 16.1. The van der Waals surface area contributed by atoms with E-state index in [1.54, 1.807) is 24.2 Å². The summed E-state index contributed by atoms with van der Waals surface area (Å²) in [6.07, 6.45) is 7.81. The number of aromatic nitrogens is 5. The first-order chi connectivity index (χ1) is 15.2. The molecular formula is C23H24N6OS. The van der Waals surface area contributed by atoms with Crippen molar-refractivity contribution in [2.45, 2.75) is 30.4 Å². The fourth-order valence-electron chi connectivity index (χ4n) is 3.20. The molecule has 0 aliphatic carbocycles. The van der Waals surface area contributed by atoms with Crippen LogP contribution in [-0.2, 0) is 37.1 Å². The lowest BCUT2D eigenvalue weighted by molar-refractivity contribution is -0.120. The van der Waals surface area contributed by atoms with E-state index in [0.29, 0.717) is 19.5 Å². The zero-order valence-electron chi connectivity index (χ0n) is 17.3. The predicted octanol–water partition coefficient (Wildman–Crippen LogP) is 3.21. The molecule has 0 bridgehead atoms. The van der Waals surface area contributed by atoms with Crippen LogP contribution in [0.5, 0.6) is 0 Å². The van der Waals surface area contributed by atoms with Crippen molar-refractivity contribution in [3.63, 3.8) is 0 Å². The molecule has 0 spiro atoms. The minimum absolute atomic E-state index is 0.0357. The molecular weight excluding hydrogens is 408 g/mol. The maximum atomic E-state index is 12.4. The van der Waals surface area contributed by atoms with E-state index in [2.05, 4.69) is 37.2 Å². The second-order valence-electron chi connectivity index (χ2n) is 7.25. The molecule has 4 rings (SSSR count). The van der Waals surface area contributed by atoms with Gasteiger partial charge in [-0.2, -0.15) is 0 Å². The van der Waals surface area contributed by atoms with Gasteiger partial charge in [0.25, 0.3) is 0 Å². The van der Waals surface area contributed by atoms with E-state index in [0.717, 1.165) is 27.9 Å². The molecule has 1 N–H and O–H groups in total. The molecule has 0 saturated heterocycles. The molecule has 0 aliphatic rings. The second-order valence-corrected chi connectivity index (χ2v) is 8.20. The van der Waals surface area contributed by atoms with E-state index in [1.165, 1.54) is 5.56 Å². The van der Waals surface area contributed by atoms with Crippen molar-refractivity contribution in [3.8, 4) is 0 Å². The van der Waals surface area contributed by atoms with Crippen LogP contribution in [0.2, 0.25) is 0 Å². The number of benzene rings is 1. The Morgan fingerprint density at radius 2 is 1.81 bits per heavy atom. The lowest BCUT2D eigenvalue weighted by atomic mass is 10.2. The van der Waals surface area contributed by atoms with Gasteiger partial charge in [-0.3, -0.25) is 9.78 Å². The van der Waals surface area contributed by atoms with Gasteiger partial charge in [0, 0.05) is 37.6 Å². The quantitative estimate of drug-likeness (QED) is 0.411. The number of carbonyl (C=O) groups is 1. The van der Waals surface area contributed by atoms with Crippen LogP contribution >= 0.6 is 11.8 Å². The van der Waals surface area contributed by atoms with Crippen LogP contribution in [0.3, 0.4) is 0 Å². The van der Waals surface area contributed by atoms with Crippen molar-refractivity contribution in [1.82, 2.24) is 29.6 Å². The highest BCUT2D eigenvalue weighted by atomic mass is 32.2. The number of aryl methyl sites for hydroxylation is 1. The van der Waals surface area contributed by atoms with Gasteiger partial charge in [-0.1, -0.05) is 42.1 Å². The molecule has 3 heterocycles. The van der Waals surface area contributed by atoms with Crippen molar-refractivity contribution < 1.29 is 4.79 Å². The predicted molar refractivity (Wildman–Crippen MR) is 120 cm³/mol. The van der Waals surface area contributed by atoms with Gasteiger partial charge in [-0.25, -0.2) is 0 Å². The Morgan fingerprint density at radius 1 is 1.00 bits per heavy atom. The molecule has 31 heavy (non-hydrogen) atoms. The molecule has 0 fully saturated rings. The number of amides is 1. The summed E-state index contributed by atoms with van der Waals surface area (Å²) in [7, 11) is 1.94. The Bertz CT molecular complexity index is 1120. The number of rotatable bonds is 9. The minimum atomic E-state index is -0.0357. The molecule has 0 aliphatic heterocycles. The number of pyridine rings is 1. The van der Waals surface area contributed by atoms with Crippen LogP contribution in [0.25, 0.3) is 0 Å². The molecule has 8 heteroatoms. The molecule has 4 aromatic rings. The summed E-state index contributed by atoms with van der Waals surface area (Å²) in [6.45, 7) is 0.984. The number of hydrogen-bond donors (Lipinski definition) is 1. The van der Waals surface area contributed by atoms with Gasteiger partial charge in [-0.05, 0) is 34.9 Å². The number of nitrogens with one attached hydrogen (secondary N) is 1. The van der Waals surface area contributed by atoms with Crippen molar-refractivity contribution in [2.75, 3.05) is 0 Å². The maximum absolute atomic E-state index is 12.4. The van der Waals surface area contributed by atoms with E-state index in [1.807, 2.05) is 60.4 Å². The van der Waals surface area contributed by atoms with Gasteiger partial charge in [0.05, 0.1) is 19.5 Å². The highest BCUT2D eigenvalue weighted by molar-refractivity contribution is 7.98. The van der Waals surface area contributed by atoms with Crippen LogP contribution < -0.4 is 5.32 Å². The maximum Gasteiger partial charge on any atom is 0.224 e. The Labute approximate surface area is 185 Å². The standard InChI is InChI=1S/C23H24N6OS/c1-28-12-9-20(15-28)13-22(30)25-14-21-26-27-23(31-17-19-7-10-24-11-8-19)29(21)16-18-5-3-2-4-6-18/h2-12,15H,13-14,16-17H2,1H3,(H,25,30). The van der Waals surface area contributed by atoms with Gasteiger partial charge < -0.3 is 14.5 Å². The highest BCUT2D eigenvalue weighted by Crippen LogP contribution is 2.23. The number of carbonyl (C=O) groups excluding carboxylic acids is 1. The third kappa shape index (κ3) is 5.82. The Hall–Kier alpha value is -3.39. The van der Waals surface area contributed by atoms with E-state index >= 15 is 0 Å². The zero-order valence-corrected chi connectivity index (χ0v) is 18.1. The molecule has 0 saturated carbocycles. The first kappa shape index (κ1) is 20.9. The van der Waals surface area contributed by atoms with Gasteiger partial charge in [0.2, 0.25) is 5.91 Å². The van der Waals surface area contributed by atoms with Crippen LogP contribution in [0.15, 0.2) is 78.5 Å². The first-order valence-corrected chi connectivity index (χ1v) is 11.0. The number of hydrogen-bond acceptors (Lipinski definition) is 5.